The second-order valence-electron chi connectivity index (χ2n) is 9.27. The van der Waals surface area contributed by atoms with Crippen molar-refractivity contribution in [2.75, 3.05) is 6.54 Å². The summed E-state index contributed by atoms with van der Waals surface area (Å²) in [5, 5.41) is 18.6. The first kappa shape index (κ1) is 20.6. The van der Waals surface area contributed by atoms with Crippen LogP contribution >= 0.6 is 0 Å². The molecule has 4 fully saturated rings. The van der Waals surface area contributed by atoms with Crippen LogP contribution in [0.4, 0.5) is 0 Å². The smallest absolute Gasteiger partial charge is 0.414 e. The van der Waals surface area contributed by atoms with E-state index in [1.54, 1.807) is 0 Å². The Morgan fingerprint density at radius 1 is 1.00 bits per heavy atom. The van der Waals surface area contributed by atoms with Crippen LogP contribution < -0.4 is 5.32 Å². The zero-order valence-corrected chi connectivity index (χ0v) is 17.0. The van der Waals surface area contributed by atoms with E-state index in [1.807, 2.05) is 23.3 Å². The van der Waals surface area contributed by atoms with Crippen LogP contribution in [0.3, 0.4) is 0 Å². The molecular formula is C23H29N3O4. The van der Waals surface area contributed by atoms with Gasteiger partial charge in [-0.2, -0.15) is 0 Å². The summed E-state index contributed by atoms with van der Waals surface area (Å²) in [6.07, 6.45) is 14.7. The molecular weight excluding hydrogens is 382 g/mol. The van der Waals surface area contributed by atoms with Crippen LogP contribution in [0.15, 0.2) is 43.0 Å². The maximum absolute atomic E-state index is 9.10. The number of nitrogens with zero attached hydrogens (tertiary/aromatic N) is 2. The molecule has 4 bridgehead atoms. The Kier molecular flexibility index (Phi) is 5.90. The normalized spacial score (nSPS) is 28.6. The molecule has 0 unspecified atom stereocenters. The van der Waals surface area contributed by atoms with Crippen LogP contribution in [0.2, 0.25) is 0 Å². The van der Waals surface area contributed by atoms with Gasteiger partial charge in [0.1, 0.15) is 0 Å². The number of nitrogens with one attached hydrogen (secondary N) is 1. The zero-order chi connectivity index (χ0) is 21.1. The maximum Gasteiger partial charge on any atom is 0.414 e. The summed E-state index contributed by atoms with van der Waals surface area (Å²) in [7, 11) is 0. The van der Waals surface area contributed by atoms with Gasteiger partial charge in [-0.25, -0.2) is 14.6 Å². The Hall–Kier alpha value is -2.67. The van der Waals surface area contributed by atoms with E-state index in [0.29, 0.717) is 5.41 Å². The average molecular weight is 412 g/mol. The minimum absolute atomic E-state index is 0.630. The van der Waals surface area contributed by atoms with Crippen molar-refractivity contribution >= 4 is 11.9 Å². The molecule has 0 aliphatic heterocycles. The number of aliphatic carboxylic acids is 2. The minimum Gasteiger partial charge on any atom is -0.473 e. The molecule has 3 N–H and O–H groups in total. The highest BCUT2D eigenvalue weighted by Crippen LogP contribution is 2.59. The van der Waals surface area contributed by atoms with Gasteiger partial charge in [-0.1, -0.05) is 12.1 Å². The number of rotatable bonds is 5. The van der Waals surface area contributed by atoms with Gasteiger partial charge in [0.2, 0.25) is 0 Å². The summed E-state index contributed by atoms with van der Waals surface area (Å²) in [5.74, 6) is -0.502. The van der Waals surface area contributed by atoms with Crippen LogP contribution in [0.1, 0.15) is 44.1 Å². The van der Waals surface area contributed by atoms with Crippen LogP contribution in [0, 0.1) is 23.2 Å². The Bertz CT molecular complexity index is 829. The molecule has 6 rings (SSSR count). The first-order valence-corrected chi connectivity index (χ1v) is 10.7. The third-order valence-electron chi connectivity index (χ3n) is 6.92. The standard InChI is InChI=1S/C21H27N3.C2H2O4/c1-3-20(24-6-5-22-15-24)4-2-16(1)13-23-14-21-10-17-7-18(11-21)9-19(8-17)12-21;3-1(4)2(5)6/h1-6,15,17-19,23H,7-14H2;(H,3,4)(H,5,6). The second kappa shape index (κ2) is 8.60. The maximum atomic E-state index is 9.10. The number of benzene rings is 1. The molecule has 0 amide bonds. The van der Waals surface area contributed by atoms with Gasteiger partial charge in [0.25, 0.3) is 0 Å². The number of carboxylic acid groups (broad SMARTS) is 2. The van der Waals surface area contributed by atoms with Gasteiger partial charge in [-0.15, -0.1) is 0 Å². The Morgan fingerprint density at radius 3 is 2.03 bits per heavy atom. The fourth-order valence-electron chi connectivity index (χ4n) is 6.18. The van der Waals surface area contributed by atoms with Crippen molar-refractivity contribution in [3.8, 4) is 5.69 Å². The van der Waals surface area contributed by atoms with E-state index >= 15 is 0 Å². The highest BCUT2D eigenvalue weighted by atomic mass is 16.4. The molecule has 0 atom stereocenters. The molecule has 1 heterocycles. The van der Waals surface area contributed by atoms with Crippen molar-refractivity contribution in [3.63, 3.8) is 0 Å². The highest BCUT2D eigenvalue weighted by Gasteiger charge is 2.50. The van der Waals surface area contributed by atoms with Crippen molar-refractivity contribution in [1.29, 1.82) is 0 Å². The molecule has 160 valence electrons. The summed E-state index contributed by atoms with van der Waals surface area (Å²) in [5.41, 5.74) is 3.19. The molecule has 0 spiro atoms. The van der Waals surface area contributed by atoms with Crippen molar-refractivity contribution in [2.45, 2.75) is 45.1 Å². The molecule has 7 nitrogen and oxygen atoms in total. The molecule has 1 aromatic carbocycles. The molecule has 0 saturated heterocycles. The van der Waals surface area contributed by atoms with Gasteiger partial charge in [0, 0.05) is 31.2 Å². The van der Waals surface area contributed by atoms with Crippen molar-refractivity contribution < 1.29 is 19.8 Å². The van der Waals surface area contributed by atoms with E-state index in [1.165, 1.54) is 56.3 Å². The molecule has 4 aliphatic rings. The first-order chi connectivity index (χ1) is 14.4. The lowest BCUT2D eigenvalue weighted by Crippen LogP contribution is -2.50. The topological polar surface area (TPSA) is 104 Å². The van der Waals surface area contributed by atoms with Crippen LogP contribution in [-0.2, 0) is 16.1 Å². The van der Waals surface area contributed by atoms with Crippen LogP contribution in [0.25, 0.3) is 5.69 Å². The second-order valence-corrected chi connectivity index (χ2v) is 9.27. The predicted octanol–water partition coefficient (Wildman–Crippen LogP) is 3.33. The van der Waals surface area contributed by atoms with Gasteiger partial charge < -0.3 is 20.1 Å². The summed E-state index contributed by atoms with van der Waals surface area (Å²) in [6.45, 7) is 2.21. The third-order valence-corrected chi connectivity index (χ3v) is 6.92. The third kappa shape index (κ3) is 4.73. The lowest BCUT2D eigenvalue weighted by atomic mass is 9.49. The SMILES string of the molecule is O=C(O)C(=O)O.c1cn(-c2ccc(CNCC34CC5CC(CC(C5)C3)C4)cc2)cn1. The van der Waals surface area contributed by atoms with Gasteiger partial charge in [-0.05, 0) is 79.4 Å². The van der Waals surface area contributed by atoms with Crippen LogP contribution in [0.5, 0.6) is 0 Å². The van der Waals surface area contributed by atoms with Crippen LogP contribution in [-0.4, -0.2) is 38.2 Å². The molecule has 4 aliphatic carbocycles. The molecule has 0 radical (unpaired) electrons. The Labute approximate surface area is 176 Å². The van der Waals surface area contributed by atoms with E-state index in [0.717, 1.165) is 24.3 Å². The lowest BCUT2D eigenvalue weighted by molar-refractivity contribution is -0.159. The minimum atomic E-state index is -1.82. The number of hydrogen-bond acceptors (Lipinski definition) is 4. The van der Waals surface area contributed by atoms with Gasteiger partial charge in [0.15, 0.2) is 0 Å². The number of carbonyl (C=O) groups is 2. The summed E-state index contributed by atoms with van der Waals surface area (Å²) in [4.78, 5) is 22.3. The van der Waals surface area contributed by atoms with Crippen molar-refractivity contribution in [2.24, 2.45) is 23.2 Å². The van der Waals surface area contributed by atoms with Gasteiger partial charge >= 0.3 is 11.9 Å². The molecule has 1 aromatic heterocycles. The number of carboxylic acids is 2. The fraction of sp³-hybridized carbons (Fsp3) is 0.522. The van der Waals surface area contributed by atoms with E-state index in [-0.39, 0.29) is 0 Å². The summed E-state index contributed by atoms with van der Waals surface area (Å²) in [6, 6.07) is 8.84. The predicted molar refractivity (Wildman–Crippen MR) is 111 cm³/mol. The van der Waals surface area contributed by atoms with E-state index in [4.69, 9.17) is 19.8 Å². The molecule has 4 saturated carbocycles. The fourth-order valence-corrected chi connectivity index (χ4v) is 6.18. The van der Waals surface area contributed by atoms with Gasteiger partial charge in [0.05, 0.1) is 6.33 Å². The number of aromatic nitrogens is 2. The first-order valence-electron chi connectivity index (χ1n) is 10.7. The highest BCUT2D eigenvalue weighted by molar-refractivity contribution is 6.27. The zero-order valence-electron chi connectivity index (χ0n) is 17.0. The van der Waals surface area contributed by atoms with E-state index in [9.17, 15) is 0 Å². The molecule has 30 heavy (non-hydrogen) atoms. The Balaban J connectivity index is 0.000000322. The average Bonchev–Trinajstić information content (AvgIpc) is 3.22. The lowest BCUT2D eigenvalue weighted by Gasteiger charge is -2.57. The summed E-state index contributed by atoms with van der Waals surface area (Å²) < 4.78 is 2.05. The van der Waals surface area contributed by atoms with E-state index < -0.39 is 11.9 Å². The van der Waals surface area contributed by atoms with E-state index in [2.05, 4.69) is 34.6 Å². The number of hydrogen-bond donors (Lipinski definition) is 3. The largest absolute Gasteiger partial charge is 0.473 e. The molecule has 7 heteroatoms. The monoisotopic (exact) mass is 411 g/mol. The molecule has 2 aromatic rings. The summed E-state index contributed by atoms with van der Waals surface area (Å²) >= 11 is 0. The number of imidazole rings is 1. The van der Waals surface area contributed by atoms with Crippen molar-refractivity contribution in [3.05, 3.63) is 48.5 Å². The van der Waals surface area contributed by atoms with Crippen molar-refractivity contribution in [1.82, 2.24) is 14.9 Å². The Morgan fingerprint density at radius 2 is 1.57 bits per heavy atom. The quantitative estimate of drug-likeness (QED) is 0.652. The van der Waals surface area contributed by atoms with Gasteiger partial charge in [-0.3, -0.25) is 0 Å².